The van der Waals surface area contributed by atoms with Gasteiger partial charge in [0.15, 0.2) is 12.1 Å². The van der Waals surface area contributed by atoms with Crippen molar-refractivity contribution in [2.75, 3.05) is 14.1 Å². The Labute approximate surface area is 238 Å². The molecule has 1 unspecified atom stereocenters. The minimum atomic E-state index is -1.97. The van der Waals surface area contributed by atoms with Crippen LogP contribution >= 0.6 is 0 Å². The van der Waals surface area contributed by atoms with E-state index in [0.29, 0.717) is 6.42 Å². The molecule has 0 bridgehead atoms. The number of carbonyl (C=O) groups excluding carboxylic acids is 3. The van der Waals surface area contributed by atoms with Gasteiger partial charge in [-0.2, -0.15) is 0 Å². The van der Waals surface area contributed by atoms with Crippen molar-refractivity contribution in [1.82, 2.24) is 4.90 Å². The molecule has 11 heteroatoms. The topological polar surface area (TPSA) is 163 Å². The lowest BCUT2D eigenvalue weighted by Crippen LogP contribution is -2.59. The number of hydrogen-bond acceptors (Lipinski definition) is 11. The van der Waals surface area contributed by atoms with Crippen molar-refractivity contribution in [2.45, 2.75) is 129 Å². The van der Waals surface area contributed by atoms with Gasteiger partial charge in [0.2, 0.25) is 0 Å². The largest absolute Gasteiger partial charge is 0.459 e. The molecule has 0 aliphatic carbocycles. The van der Waals surface area contributed by atoms with Crippen LogP contribution in [0.2, 0.25) is 0 Å². The van der Waals surface area contributed by atoms with Crippen LogP contribution in [0.5, 0.6) is 0 Å². The Kier molecular flexibility index (Phi) is 11.5. The van der Waals surface area contributed by atoms with Crippen LogP contribution < -0.4 is 0 Å². The van der Waals surface area contributed by atoms with Crippen LogP contribution in [-0.2, 0) is 28.6 Å². The van der Waals surface area contributed by atoms with Crippen LogP contribution in [0.3, 0.4) is 0 Å². The average molecular weight is 574 g/mol. The maximum Gasteiger partial charge on any atom is 0.316 e. The summed E-state index contributed by atoms with van der Waals surface area (Å²) in [7, 11) is 3.65. The zero-order valence-electron chi connectivity index (χ0n) is 25.7. The third kappa shape index (κ3) is 7.29. The van der Waals surface area contributed by atoms with Gasteiger partial charge in [0.25, 0.3) is 0 Å². The van der Waals surface area contributed by atoms with Gasteiger partial charge in [-0.25, -0.2) is 0 Å². The van der Waals surface area contributed by atoms with Crippen molar-refractivity contribution >= 4 is 17.5 Å². The Morgan fingerprint density at radius 2 is 1.55 bits per heavy atom. The highest BCUT2D eigenvalue weighted by atomic mass is 16.7. The molecule has 2 rings (SSSR count). The number of carbonyl (C=O) groups is 3. The van der Waals surface area contributed by atoms with Crippen molar-refractivity contribution in [2.24, 2.45) is 23.7 Å². The van der Waals surface area contributed by atoms with Gasteiger partial charge in [0, 0.05) is 23.8 Å². The van der Waals surface area contributed by atoms with E-state index in [4.69, 9.17) is 14.2 Å². The number of cyclic esters (lactones) is 1. The first kappa shape index (κ1) is 34.7. The fourth-order valence-electron chi connectivity index (χ4n) is 6.26. The summed E-state index contributed by atoms with van der Waals surface area (Å²) in [5, 5.41) is 45.0. The lowest BCUT2D eigenvalue weighted by molar-refractivity contribution is -0.293. The van der Waals surface area contributed by atoms with E-state index in [-0.39, 0.29) is 25.0 Å². The van der Waals surface area contributed by atoms with Crippen LogP contribution in [-0.4, -0.2) is 111 Å². The number of esters is 1. The normalized spacial score (nSPS) is 46.7. The van der Waals surface area contributed by atoms with Crippen molar-refractivity contribution < 1.29 is 49.0 Å². The maximum absolute atomic E-state index is 13.6. The molecule has 2 aliphatic rings. The molecule has 0 spiro atoms. The predicted octanol–water partition coefficient (Wildman–Crippen LogP) is 1.07. The minimum absolute atomic E-state index is 0.130. The highest BCUT2D eigenvalue weighted by Gasteiger charge is 2.51. The Balaban J connectivity index is 2.56. The number of hydrogen-bond donors (Lipinski definition) is 4. The number of likely N-dealkylation sites (N-methyl/N-ethyl adjacent to an activating group) is 1. The Hall–Kier alpha value is -1.47. The first-order valence-corrected chi connectivity index (χ1v) is 14.3. The van der Waals surface area contributed by atoms with E-state index in [9.17, 15) is 34.8 Å². The standard InChI is InChI=1S/C29H51NO10/c1-11-20-29(8,37)24(34)16(4)21(31)14(2)13-28(7,36)25(17(5)22(32)18(6)26(35)39-20)40-27-23(33)19(30(9)10)12-15(3)38-27/h14-20,23-25,27,33-34,36-37H,11-13H2,1-10H3/t14-,15-,16+,17+,18-,19+,20?,23-,24-,25-,27+,28-,29-/m1/s1. The molecule has 0 aromatic rings. The highest BCUT2D eigenvalue weighted by Crippen LogP contribution is 2.36. The molecular formula is C29H51NO10. The monoisotopic (exact) mass is 573 g/mol. The van der Waals surface area contributed by atoms with Crippen molar-refractivity contribution in [3.8, 4) is 0 Å². The first-order chi connectivity index (χ1) is 18.3. The molecule has 0 amide bonds. The third-order valence-electron chi connectivity index (χ3n) is 8.86. The molecule has 11 nitrogen and oxygen atoms in total. The summed E-state index contributed by atoms with van der Waals surface area (Å²) in [5.74, 6) is -6.14. The molecule has 0 saturated carbocycles. The van der Waals surface area contributed by atoms with Gasteiger partial charge >= 0.3 is 5.97 Å². The highest BCUT2D eigenvalue weighted by molar-refractivity contribution is 6.00. The summed E-state index contributed by atoms with van der Waals surface area (Å²) in [4.78, 5) is 42.0. The van der Waals surface area contributed by atoms with Crippen molar-refractivity contribution in [1.29, 1.82) is 0 Å². The molecule has 2 aliphatic heterocycles. The van der Waals surface area contributed by atoms with Gasteiger partial charge in [0.1, 0.15) is 29.5 Å². The summed E-state index contributed by atoms with van der Waals surface area (Å²) >= 11 is 0. The van der Waals surface area contributed by atoms with E-state index >= 15 is 0 Å². The average Bonchev–Trinajstić information content (AvgIpc) is 2.87. The second-order valence-corrected chi connectivity index (χ2v) is 12.7. The number of ketones is 2. The predicted molar refractivity (Wildman–Crippen MR) is 146 cm³/mol. The summed E-state index contributed by atoms with van der Waals surface area (Å²) in [6.07, 6.45) is -6.08. The van der Waals surface area contributed by atoms with Crippen LogP contribution in [0.1, 0.15) is 74.7 Å². The van der Waals surface area contributed by atoms with Gasteiger partial charge in [-0.3, -0.25) is 14.4 Å². The smallest absolute Gasteiger partial charge is 0.316 e. The number of ether oxygens (including phenoxy) is 3. The number of aliphatic hydroxyl groups is 4. The van der Waals surface area contributed by atoms with E-state index in [0.717, 1.165) is 0 Å². The van der Waals surface area contributed by atoms with Gasteiger partial charge in [-0.1, -0.05) is 27.7 Å². The van der Waals surface area contributed by atoms with Crippen LogP contribution in [0, 0.1) is 23.7 Å². The molecule has 4 N–H and O–H groups in total. The lowest BCUT2D eigenvalue weighted by Gasteiger charge is -2.46. The summed E-state index contributed by atoms with van der Waals surface area (Å²) < 4.78 is 17.7. The van der Waals surface area contributed by atoms with Gasteiger partial charge in [-0.05, 0) is 61.1 Å². The van der Waals surface area contributed by atoms with E-state index < -0.39 is 83.1 Å². The minimum Gasteiger partial charge on any atom is -0.459 e. The van der Waals surface area contributed by atoms with Crippen molar-refractivity contribution in [3.05, 3.63) is 0 Å². The molecule has 232 valence electrons. The Morgan fingerprint density at radius 1 is 0.975 bits per heavy atom. The van der Waals surface area contributed by atoms with E-state index in [1.807, 2.05) is 25.9 Å². The molecular weight excluding hydrogens is 522 g/mol. The molecule has 2 saturated heterocycles. The van der Waals surface area contributed by atoms with Crippen molar-refractivity contribution in [3.63, 3.8) is 0 Å². The molecule has 2 heterocycles. The zero-order chi connectivity index (χ0) is 30.9. The molecule has 0 radical (unpaired) electrons. The SMILES string of the molecule is CCC1OC(=O)[C@H](C)C(=O)[C@H](C)[C@@H](O[C@@H]2O[C@H](C)C[C@H](N(C)C)[C@H]2O)[C@](C)(O)C[C@@H](C)C(=O)[C@H](C)[C@@H](O)[C@]1(C)O. The third-order valence-corrected chi connectivity index (χ3v) is 8.86. The number of rotatable bonds is 4. The summed E-state index contributed by atoms with van der Waals surface area (Å²) in [6, 6.07) is -0.307. The van der Waals surface area contributed by atoms with Gasteiger partial charge < -0.3 is 39.5 Å². The molecule has 2 fully saturated rings. The second kappa shape index (κ2) is 13.2. The van der Waals surface area contributed by atoms with Crippen LogP contribution in [0.15, 0.2) is 0 Å². The summed E-state index contributed by atoms with van der Waals surface area (Å²) in [6.45, 7) is 12.2. The molecule has 13 atom stereocenters. The van der Waals surface area contributed by atoms with E-state index in [1.54, 1.807) is 13.8 Å². The molecule has 0 aromatic carbocycles. The number of aliphatic hydroxyl groups excluding tert-OH is 2. The quantitative estimate of drug-likeness (QED) is 0.281. The fraction of sp³-hybridized carbons (Fsp3) is 0.897. The zero-order valence-corrected chi connectivity index (χ0v) is 25.7. The Morgan fingerprint density at radius 3 is 2.08 bits per heavy atom. The van der Waals surface area contributed by atoms with Crippen LogP contribution in [0.25, 0.3) is 0 Å². The van der Waals surface area contributed by atoms with E-state index in [2.05, 4.69) is 0 Å². The number of Topliss-reactive ketones (excluding diaryl/α,β-unsaturated/α-hetero) is 2. The molecule has 0 aromatic heterocycles. The molecule has 40 heavy (non-hydrogen) atoms. The van der Waals surface area contributed by atoms with Gasteiger partial charge in [0.05, 0.1) is 23.9 Å². The van der Waals surface area contributed by atoms with Crippen LogP contribution in [0.4, 0.5) is 0 Å². The fourth-order valence-corrected chi connectivity index (χ4v) is 6.26. The maximum atomic E-state index is 13.6. The van der Waals surface area contributed by atoms with E-state index in [1.165, 1.54) is 34.6 Å². The second-order valence-electron chi connectivity index (χ2n) is 12.7. The lowest BCUT2D eigenvalue weighted by atomic mass is 9.74. The first-order valence-electron chi connectivity index (χ1n) is 14.3. The Bertz CT molecular complexity index is 905. The van der Waals surface area contributed by atoms with Gasteiger partial charge in [-0.15, -0.1) is 0 Å². The summed E-state index contributed by atoms with van der Waals surface area (Å²) in [5.41, 5.74) is -3.77. The number of nitrogens with zero attached hydrogens (tertiary/aromatic N) is 1.